The zero-order valence-corrected chi connectivity index (χ0v) is 11.8. The fourth-order valence-electron chi connectivity index (χ4n) is 2.72. The third-order valence-electron chi connectivity index (χ3n) is 3.81. The van der Waals surface area contributed by atoms with Crippen LogP contribution in [0.4, 0.5) is 5.69 Å². The summed E-state index contributed by atoms with van der Waals surface area (Å²) in [5.74, 6) is -0.0200. The van der Waals surface area contributed by atoms with Gasteiger partial charge in [-0.25, -0.2) is 0 Å². The van der Waals surface area contributed by atoms with Crippen LogP contribution in [0.5, 0.6) is 0 Å². The summed E-state index contributed by atoms with van der Waals surface area (Å²) in [5.41, 5.74) is 1.43. The van der Waals surface area contributed by atoms with Gasteiger partial charge >= 0.3 is 0 Å². The normalized spacial score (nSPS) is 17.8. The highest BCUT2D eigenvalue weighted by Gasteiger charge is 2.29. The SMILES string of the molecule is CCNc1ccncc1C(=O)NC1(C)CCCCC1. The zero-order valence-electron chi connectivity index (χ0n) is 11.8. The van der Waals surface area contributed by atoms with Crippen molar-refractivity contribution in [2.75, 3.05) is 11.9 Å². The molecule has 1 saturated carbocycles. The number of rotatable bonds is 4. The van der Waals surface area contributed by atoms with Gasteiger partial charge < -0.3 is 10.6 Å². The molecule has 19 heavy (non-hydrogen) atoms. The number of pyridine rings is 1. The van der Waals surface area contributed by atoms with E-state index >= 15 is 0 Å². The van der Waals surface area contributed by atoms with Gasteiger partial charge in [0.25, 0.3) is 5.91 Å². The van der Waals surface area contributed by atoms with Crippen molar-refractivity contribution in [1.29, 1.82) is 0 Å². The van der Waals surface area contributed by atoms with Crippen LogP contribution in [0.3, 0.4) is 0 Å². The first-order valence-electron chi connectivity index (χ1n) is 7.15. The number of nitrogens with zero attached hydrogens (tertiary/aromatic N) is 1. The van der Waals surface area contributed by atoms with E-state index in [0.29, 0.717) is 5.56 Å². The lowest BCUT2D eigenvalue weighted by Gasteiger charge is -2.34. The molecule has 1 amide bonds. The van der Waals surface area contributed by atoms with Gasteiger partial charge in [0, 0.05) is 24.5 Å². The van der Waals surface area contributed by atoms with E-state index in [2.05, 4.69) is 22.5 Å². The highest BCUT2D eigenvalue weighted by molar-refractivity contribution is 5.99. The van der Waals surface area contributed by atoms with Crippen LogP contribution in [-0.4, -0.2) is 23.0 Å². The maximum atomic E-state index is 12.4. The van der Waals surface area contributed by atoms with E-state index in [-0.39, 0.29) is 11.4 Å². The highest BCUT2D eigenvalue weighted by Crippen LogP contribution is 2.28. The van der Waals surface area contributed by atoms with Gasteiger partial charge in [-0.05, 0) is 32.8 Å². The maximum absolute atomic E-state index is 12.4. The zero-order chi connectivity index (χ0) is 13.7. The number of hydrogen-bond donors (Lipinski definition) is 2. The van der Waals surface area contributed by atoms with Crippen LogP contribution >= 0.6 is 0 Å². The molecule has 0 spiro atoms. The van der Waals surface area contributed by atoms with Crippen LogP contribution in [0.1, 0.15) is 56.3 Å². The Morgan fingerprint density at radius 3 is 2.79 bits per heavy atom. The molecular formula is C15H23N3O. The van der Waals surface area contributed by atoms with Crippen molar-refractivity contribution in [1.82, 2.24) is 10.3 Å². The summed E-state index contributed by atoms with van der Waals surface area (Å²) < 4.78 is 0. The Labute approximate surface area is 115 Å². The minimum absolute atomic E-state index is 0.0200. The Balaban J connectivity index is 2.11. The molecule has 2 N–H and O–H groups in total. The summed E-state index contributed by atoms with van der Waals surface area (Å²) in [7, 11) is 0. The van der Waals surface area contributed by atoms with Crippen LogP contribution in [-0.2, 0) is 0 Å². The van der Waals surface area contributed by atoms with Crippen LogP contribution in [0, 0.1) is 0 Å². The van der Waals surface area contributed by atoms with Gasteiger partial charge in [0.05, 0.1) is 11.3 Å². The molecule has 0 aromatic carbocycles. The van der Waals surface area contributed by atoms with Gasteiger partial charge in [-0.2, -0.15) is 0 Å². The second kappa shape index (κ2) is 6.04. The molecule has 0 bridgehead atoms. The summed E-state index contributed by atoms with van der Waals surface area (Å²) >= 11 is 0. The molecule has 1 aromatic heterocycles. The molecule has 0 radical (unpaired) electrons. The van der Waals surface area contributed by atoms with E-state index in [4.69, 9.17) is 0 Å². The Bertz CT molecular complexity index is 439. The number of carbonyl (C=O) groups is 1. The van der Waals surface area contributed by atoms with Crippen molar-refractivity contribution in [2.24, 2.45) is 0 Å². The molecule has 0 saturated heterocycles. The number of hydrogen-bond acceptors (Lipinski definition) is 3. The molecule has 1 heterocycles. The molecule has 4 nitrogen and oxygen atoms in total. The van der Waals surface area contributed by atoms with Crippen LogP contribution < -0.4 is 10.6 Å². The monoisotopic (exact) mass is 261 g/mol. The highest BCUT2D eigenvalue weighted by atomic mass is 16.1. The average molecular weight is 261 g/mol. The molecule has 104 valence electrons. The predicted octanol–water partition coefficient (Wildman–Crippen LogP) is 2.97. The third kappa shape index (κ3) is 3.46. The van der Waals surface area contributed by atoms with Crippen LogP contribution in [0.2, 0.25) is 0 Å². The van der Waals surface area contributed by atoms with Crippen molar-refractivity contribution in [2.45, 2.75) is 51.5 Å². The Hall–Kier alpha value is -1.58. The summed E-state index contributed by atoms with van der Waals surface area (Å²) in [6.45, 7) is 4.96. The fourth-order valence-corrected chi connectivity index (χ4v) is 2.72. The van der Waals surface area contributed by atoms with Crippen molar-refractivity contribution in [3.05, 3.63) is 24.0 Å². The Morgan fingerprint density at radius 2 is 2.11 bits per heavy atom. The smallest absolute Gasteiger partial charge is 0.255 e. The lowest BCUT2D eigenvalue weighted by Crippen LogP contribution is -2.47. The second-order valence-electron chi connectivity index (χ2n) is 5.53. The lowest BCUT2D eigenvalue weighted by atomic mass is 9.83. The second-order valence-corrected chi connectivity index (χ2v) is 5.53. The Kier molecular flexibility index (Phi) is 4.40. The average Bonchev–Trinajstić information content (AvgIpc) is 2.40. The quantitative estimate of drug-likeness (QED) is 0.876. The molecular weight excluding hydrogens is 238 g/mol. The van der Waals surface area contributed by atoms with Crippen molar-refractivity contribution >= 4 is 11.6 Å². The van der Waals surface area contributed by atoms with Gasteiger partial charge in [-0.15, -0.1) is 0 Å². The minimum Gasteiger partial charge on any atom is -0.385 e. The first kappa shape index (κ1) is 13.8. The fraction of sp³-hybridized carbons (Fsp3) is 0.600. The molecule has 1 fully saturated rings. The number of anilines is 1. The molecule has 4 heteroatoms. The van der Waals surface area contributed by atoms with E-state index in [1.807, 2.05) is 13.0 Å². The van der Waals surface area contributed by atoms with E-state index in [9.17, 15) is 4.79 Å². The molecule has 1 aromatic rings. The van der Waals surface area contributed by atoms with Gasteiger partial charge in [0.15, 0.2) is 0 Å². The van der Waals surface area contributed by atoms with Gasteiger partial charge in [0.1, 0.15) is 0 Å². The van der Waals surface area contributed by atoms with E-state index < -0.39 is 0 Å². The molecule has 0 aliphatic heterocycles. The van der Waals surface area contributed by atoms with Crippen LogP contribution in [0.15, 0.2) is 18.5 Å². The lowest BCUT2D eigenvalue weighted by molar-refractivity contribution is 0.0883. The predicted molar refractivity (Wildman–Crippen MR) is 77.4 cm³/mol. The number of nitrogens with one attached hydrogen (secondary N) is 2. The van der Waals surface area contributed by atoms with Gasteiger partial charge in [-0.1, -0.05) is 19.3 Å². The summed E-state index contributed by atoms with van der Waals surface area (Å²) in [5, 5.41) is 6.40. The maximum Gasteiger partial charge on any atom is 0.255 e. The van der Waals surface area contributed by atoms with Crippen LogP contribution in [0.25, 0.3) is 0 Å². The van der Waals surface area contributed by atoms with E-state index in [1.54, 1.807) is 12.4 Å². The minimum atomic E-state index is -0.0609. The third-order valence-corrected chi connectivity index (χ3v) is 3.81. The van der Waals surface area contributed by atoms with Gasteiger partial charge in [-0.3, -0.25) is 9.78 Å². The largest absolute Gasteiger partial charge is 0.385 e. The Morgan fingerprint density at radius 1 is 1.37 bits per heavy atom. The molecule has 2 rings (SSSR count). The molecule has 1 aliphatic rings. The summed E-state index contributed by atoms with van der Waals surface area (Å²) in [6.07, 6.45) is 9.15. The number of aromatic nitrogens is 1. The van der Waals surface area contributed by atoms with Crippen molar-refractivity contribution in [3.63, 3.8) is 0 Å². The van der Waals surface area contributed by atoms with E-state index in [0.717, 1.165) is 25.1 Å². The number of amides is 1. The molecule has 1 aliphatic carbocycles. The van der Waals surface area contributed by atoms with Gasteiger partial charge in [0.2, 0.25) is 0 Å². The molecule has 0 unspecified atom stereocenters. The summed E-state index contributed by atoms with van der Waals surface area (Å²) in [4.78, 5) is 16.5. The number of carbonyl (C=O) groups excluding carboxylic acids is 1. The molecule has 0 atom stereocenters. The van der Waals surface area contributed by atoms with Crippen molar-refractivity contribution in [3.8, 4) is 0 Å². The topological polar surface area (TPSA) is 54.0 Å². The standard InChI is InChI=1S/C15H23N3O/c1-3-17-13-7-10-16-11-12(13)14(19)18-15(2)8-5-4-6-9-15/h7,10-11H,3-6,8-9H2,1-2H3,(H,16,17)(H,18,19). The van der Waals surface area contributed by atoms with E-state index in [1.165, 1.54) is 19.3 Å². The van der Waals surface area contributed by atoms with Crippen molar-refractivity contribution < 1.29 is 4.79 Å². The summed E-state index contributed by atoms with van der Waals surface area (Å²) in [6, 6.07) is 1.85. The first-order chi connectivity index (χ1) is 9.14. The first-order valence-corrected chi connectivity index (χ1v) is 7.15.